The summed E-state index contributed by atoms with van der Waals surface area (Å²) in [5.41, 5.74) is -0.0836. The topological polar surface area (TPSA) is 50.1 Å². The molecule has 1 aliphatic heterocycles. The van der Waals surface area contributed by atoms with Crippen LogP contribution in [0.5, 0.6) is 0 Å². The minimum absolute atomic E-state index is 0. The lowest BCUT2D eigenvalue weighted by Gasteiger charge is -2.42. The van der Waals surface area contributed by atoms with Crippen LogP contribution in [0.25, 0.3) is 0 Å². The van der Waals surface area contributed by atoms with Crippen LogP contribution in [0, 0.1) is 5.92 Å². The molecule has 26 heavy (non-hydrogen) atoms. The monoisotopic (exact) mass is 383 g/mol. The van der Waals surface area contributed by atoms with Crippen molar-refractivity contribution >= 4 is 0 Å². The van der Waals surface area contributed by atoms with E-state index in [1.807, 2.05) is 4.68 Å². The van der Waals surface area contributed by atoms with Crippen molar-refractivity contribution in [1.82, 2.24) is 30.0 Å². The molecule has 6 nitrogen and oxygen atoms in total. The van der Waals surface area contributed by atoms with Gasteiger partial charge in [-0.25, -0.2) is 4.68 Å². The van der Waals surface area contributed by atoms with Crippen molar-refractivity contribution in [3.05, 3.63) is 5.82 Å². The molecule has 0 radical (unpaired) electrons. The Bertz CT molecular complexity index is 538. The van der Waals surface area contributed by atoms with Crippen LogP contribution < -0.4 is 12.4 Å². The molecule has 1 saturated heterocycles. The lowest BCUT2D eigenvalue weighted by atomic mass is 9.99. The molecule has 0 bridgehead atoms. The second-order valence-electron chi connectivity index (χ2n) is 9.28. The van der Waals surface area contributed by atoms with Crippen LogP contribution >= 0.6 is 0 Å². The highest BCUT2D eigenvalue weighted by Crippen LogP contribution is 2.31. The van der Waals surface area contributed by atoms with E-state index in [1.54, 1.807) is 0 Å². The Balaban J connectivity index is 0.00000243. The molecule has 2 aliphatic rings. The molecule has 3 rings (SSSR count). The third-order valence-corrected chi connectivity index (χ3v) is 5.75. The van der Waals surface area contributed by atoms with E-state index in [-0.39, 0.29) is 17.9 Å². The molecule has 1 aliphatic carbocycles. The van der Waals surface area contributed by atoms with Crippen LogP contribution in [0.1, 0.15) is 78.6 Å². The van der Waals surface area contributed by atoms with Crippen LogP contribution in [0.3, 0.4) is 0 Å². The summed E-state index contributed by atoms with van der Waals surface area (Å²) in [6.45, 7) is 15.8. The molecule has 0 spiro atoms. The molecule has 0 amide bonds. The average Bonchev–Trinajstić information content (AvgIpc) is 3.23. The van der Waals surface area contributed by atoms with Gasteiger partial charge in [0.05, 0.1) is 11.6 Å². The number of hydrogen-bond acceptors (Lipinski definition) is 5. The minimum Gasteiger partial charge on any atom is -1.00 e. The number of hydrogen-bond donors (Lipinski definition) is 0. The molecule has 2 heterocycles. The third-order valence-electron chi connectivity index (χ3n) is 5.75. The SMILES string of the molecule is CC(C)CC(c1nnnn1C(C)(C)C)N1CCN(C2CCCC2)CC1.[Cl-]. The molecule has 0 N–H and O–H groups in total. The Hall–Kier alpha value is -0.720. The normalized spacial score (nSPS) is 21.9. The summed E-state index contributed by atoms with van der Waals surface area (Å²) in [4.78, 5) is 5.35. The summed E-state index contributed by atoms with van der Waals surface area (Å²) in [5, 5.41) is 12.8. The molecule has 150 valence electrons. The molecule has 1 aromatic heterocycles. The second kappa shape index (κ2) is 8.98. The van der Waals surface area contributed by atoms with Crippen molar-refractivity contribution in [3.8, 4) is 0 Å². The zero-order valence-electron chi connectivity index (χ0n) is 17.2. The number of nitrogens with zero attached hydrogens (tertiary/aromatic N) is 6. The van der Waals surface area contributed by atoms with E-state index < -0.39 is 0 Å². The Morgan fingerprint density at radius 1 is 1.04 bits per heavy atom. The molecule has 1 unspecified atom stereocenters. The van der Waals surface area contributed by atoms with E-state index in [4.69, 9.17) is 0 Å². The van der Waals surface area contributed by atoms with Gasteiger partial charge in [0.2, 0.25) is 0 Å². The van der Waals surface area contributed by atoms with Gasteiger partial charge in [-0.15, -0.1) is 5.10 Å². The van der Waals surface area contributed by atoms with Crippen molar-refractivity contribution in [1.29, 1.82) is 0 Å². The summed E-state index contributed by atoms with van der Waals surface area (Å²) in [5.74, 6) is 1.67. The summed E-state index contributed by atoms with van der Waals surface area (Å²) < 4.78 is 2.03. The van der Waals surface area contributed by atoms with Crippen LogP contribution in [0.4, 0.5) is 0 Å². The number of piperazine rings is 1. The van der Waals surface area contributed by atoms with Crippen LogP contribution in [0.15, 0.2) is 0 Å². The van der Waals surface area contributed by atoms with E-state index in [1.165, 1.54) is 38.8 Å². The van der Waals surface area contributed by atoms with Crippen molar-refractivity contribution in [3.63, 3.8) is 0 Å². The lowest BCUT2D eigenvalue weighted by Crippen LogP contribution is -3.00. The van der Waals surface area contributed by atoms with E-state index >= 15 is 0 Å². The van der Waals surface area contributed by atoms with Gasteiger partial charge in [-0.3, -0.25) is 9.80 Å². The first-order valence-electron chi connectivity index (χ1n) is 10.1. The van der Waals surface area contributed by atoms with E-state index in [9.17, 15) is 0 Å². The Morgan fingerprint density at radius 3 is 2.19 bits per heavy atom. The predicted octanol–water partition coefficient (Wildman–Crippen LogP) is 0.0795. The van der Waals surface area contributed by atoms with E-state index in [0.717, 1.165) is 31.4 Å². The van der Waals surface area contributed by atoms with Crippen molar-refractivity contribution in [2.45, 2.75) is 84.3 Å². The second-order valence-corrected chi connectivity index (χ2v) is 9.28. The standard InChI is InChI=1S/C19H36N6.ClH/c1-15(2)14-17(18-20-21-22-25(18)19(3,4)5)24-12-10-23(11-13-24)16-8-6-7-9-16;/h15-17H,6-14H2,1-5H3;1H/p-1. The fraction of sp³-hybridized carbons (Fsp3) is 0.947. The number of aromatic nitrogens is 4. The van der Waals surface area contributed by atoms with Gasteiger partial charge in [-0.05, 0) is 56.4 Å². The van der Waals surface area contributed by atoms with Crippen LogP contribution in [-0.4, -0.2) is 62.2 Å². The van der Waals surface area contributed by atoms with Crippen molar-refractivity contribution < 1.29 is 12.4 Å². The highest BCUT2D eigenvalue weighted by atomic mass is 35.5. The maximum absolute atomic E-state index is 4.45. The third kappa shape index (κ3) is 4.96. The zero-order valence-corrected chi connectivity index (χ0v) is 17.9. The molecule has 1 atom stereocenters. The molecule has 1 aromatic rings. The molecule has 7 heteroatoms. The molecular weight excluding hydrogens is 348 g/mol. The number of rotatable bonds is 5. The van der Waals surface area contributed by atoms with E-state index in [0.29, 0.717) is 12.0 Å². The first-order valence-corrected chi connectivity index (χ1v) is 10.1. The Kier molecular flexibility index (Phi) is 7.45. The highest BCUT2D eigenvalue weighted by Gasteiger charge is 2.34. The Labute approximate surface area is 165 Å². The van der Waals surface area contributed by atoms with Gasteiger partial charge in [0.1, 0.15) is 0 Å². The zero-order chi connectivity index (χ0) is 18.0. The molecular formula is C19H36ClN6-. The van der Waals surface area contributed by atoms with Gasteiger partial charge in [0.15, 0.2) is 5.82 Å². The first kappa shape index (κ1) is 21.6. The number of tetrazole rings is 1. The van der Waals surface area contributed by atoms with Gasteiger partial charge in [0, 0.05) is 32.2 Å². The predicted molar refractivity (Wildman–Crippen MR) is 100 cm³/mol. The van der Waals surface area contributed by atoms with Gasteiger partial charge in [-0.2, -0.15) is 0 Å². The maximum Gasteiger partial charge on any atom is 0.168 e. The summed E-state index contributed by atoms with van der Waals surface area (Å²) in [7, 11) is 0. The lowest BCUT2D eigenvalue weighted by molar-refractivity contribution is -0.00000645. The van der Waals surface area contributed by atoms with Gasteiger partial charge in [0.25, 0.3) is 0 Å². The highest BCUT2D eigenvalue weighted by molar-refractivity contribution is 4.99. The summed E-state index contributed by atoms with van der Waals surface area (Å²) in [6, 6.07) is 1.16. The summed E-state index contributed by atoms with van der Waals surface area (Å²) in [6.07, 6.45) is 6.75. The maximum atomic E-state index is 4.45. The van der Waals surface area contributed by atoms with Crippen LogP contribution in [0.2, 0.25) is 0 Å². The van der Waals surface area contributed by atoms with Crippen LogP contribution in [-0.2, 0) is 5.54 Å². The van der Waals surface area contributed by atoms with Gasteiger partial charge >= 0.3 is 0 Å². The largest absolute Gasteiger partial charge is 1.00 e. The molecule has 0 aromatic carbocycles. The smallest absolute Gasteiger partial charge is 0.168 e. The fourth-order valence-corrected chi connectivity index (χ4v) is 4.43. The Morgan fingerprint density at radius 2 is 1.65 bits per heavy atom. The molecule has 2 fully saturated rings. The van der Waals surface area contributed by atoms with Gasteiger partial charge in [-0.1, -0.05) is 26.7 Å². The minimum atomic E-state index is -0.0836. The molecule has 1 saturated carbocycles. The first-order chi connectivity index (χ1) is 11.9. The van der Waals surface area contributed by atoms with Crippen molar-refractivity contribution in [2.24, 2.45) is 5.92 Å². The summed E-state index contributed by atoms with van der Waals surface area (Å²) >= 11 is 0. The number of halogens is 1. The average molecular weight is 384 g/mol. The van der Waals surface area contributed by atoms with E-state index in [2.05, 4.69) is 59.9 Å². The fourth-order valence-electron chi connectivity index (χ4n) is 4.43. The van der Waals surface area contributed by atoms with Crippen molar-refractivity contribution in [2.75, 3.05) is 26.2 Å². The van der Waals surface area contributed by atoms with Gasteiger partial charge < -0.3 is 12.4 Å². The quantitative estimate of drug-likeness (QED) is 0.720.